The number of para-hydroxylation sites is 1. The second kappa shape index (κ2) is 4.20. The Labute approximate surface area is 115 Å². The van der Waals surface area contributed by atoms with Gasteiger partial charge in [-0.3, -0.25) is 0 Å². The quantitative estimate of drug-likeness (QED) is 0.874. The lowest BCUT2D eigenvalue weighted by molar-refractivity contribution is 0.0699. The molecular weight excluding hydrogens is 282 g/mol. The first kappa shape index (κ1) is 12.9. The van der Waals surface area contributed by atoms with E-state index in [4.69, 9.17) is 10.8 Å². The van der Waals surface area contributed by atoms with Crippen LogP contribution in [0.4, 0.5) is 5.95 Å². The van der Waals surface area contributed by atoms with E-state index in [2.05, 4.69) is 4.98 Å². The summed E-state index contributed by atoms with van der Waals surface area (Å²) in [5.41, 5.74) is 5.96. The van der Waals surface area contributed by atoms with E-state index >= 15 is 0 Å². The van der Waals surface area contributed by atoms with Crippen LogP contribution in [-0.2, 0) is 10.0 Å². The number of anilines is 1. The average Bonchev–Trinajstić information content (AvgIpc) is 2.61. The monoisotopic (exact) mass is 295 g/mol. The second-order valence-corrected chi connectivity index (χ2v) is 6.87. The Hall–Kier alpha value is -2.09. The Morgan fingerprint density at radius 2 is 2.10 bits per heavy atom. The highest BCUT2D eigenvalue weighted by Gasteiger charge is 2.35. The molecule has 0 saturated heterocycles. The summed E-state index contributed by atoms with van der Waals surface area (Å²) in [4.78, 5) is 15.1. The van der Waals surface area contributed by atoms with Gasteiger partial charge in [-0.1, -0.05) is 12.5 Å². The van der Waals surface area contributed by atoms with Crippen molar-refractivity contribution >= 4 is 33.0 Å². The highest BCUT2D eigenvalue weighted by atomic mass is 32.2. The predicted octanol–water partition coefficient (Wildman–Crippen LogP) is 1.05. The van der Waals surface area contributed by atoms with Crippen LogP contribution in [0.25, 0.3) is 11.0 Å². The molecule has 3 N–H and O–H groups in total. The summed E-state index contributed by atoms with van der Waals surface area (Å²) in [7, 11) is -3.62. The van der Waals surface area contributed by atoms with Gasteiger partial charge in [0.2, 0.25) is 16.0 Å². The number of nitrogens with two attached hydrogens (primary N) is 1. The molecule has 2 aromatic rings. The van der Waals surface area contributed by atoms with Crippen LogP contribution in [0, 0.1) is 0 Å². The highest BCUT2D eigenvalue weighted by molar-refractivity contribution is 7.90. The van der Waals surface area contributed by atoms with Crippen molar-refractivity contribution in [3.8, 4) is 0 Å². The number of aromatic nitrogens is 2. The largest absolute Gasteiger partial charge is 0.478 e. The minimum Gasteiger partial charge on any atom is -0.478 e. The zero-order valence-corrected chi connectivity index (χ0v) is 11.3. The predicted molar refractivity (Wildman–Crippen MR) is 73.1 cm³/mol. The molecule has 106 valence electrons. The van der Waals surface area contributed by atoms with Gasteiger partial charge in [0, 0.05) is 0 Å². The molecule has 1 aliphatic carbocycles. The summed E-state index contributed by atoms with van der Waals surface area (Å²) in [5.74, 6) is -1.36. The fourth-order valence-corrected chi connectivity index (χ4v) is 4.30. The van der Waals surface area contributed by atoms with E-state index in [1.165, 1.54) is 18.2 Å². The zero-order chi connectivity index (χ0) is 14.5. The molecule has 1 aliphatic rings. The van der Waals surface area contributed by atoms with Crippen LogP contribution in [0.5, 0.6) is 0 Å². The molecule has 1 aromatic heterocycles. The molecule has 3 rings (SSSR count). The van der Waals surface area contributed by atoms with E-state index in [1.54, 1.807) is 0 Å². The van der Waals surface area contributed by atoms with Crippen LogP contribution in [0.3, 0.4) is 0 Å². The van der Waals surface area contributed by atoms with Crippen molar-refractivity contribution in [1.82, 2.24) is 8.96 Å². The summed E-state index contributed by atoms with van der Waals surface area (Å²) in [6.07, 6.45) is 2.07. The third-order valence-electron chi connectivity index (χ3n) is 3.63. The van der Waals surface area contributed by atoms with Crippen LogP contribution in [0.1, 0.15) is 29.6 Å². The fraction of sp³-hybridized carbons (Fsp3) is 0.333. The first-order valence-electron chi connectivity index (χ1n) is 6.17. The standard InChI is InChI=1S/C12H13N3O4S/c13-12-14-10-8(11(16)17)5-2-6-9(10)15(12)20(18,19)7-3-1-4-7/h2,5-7H,1,3-4H2,(H2,13,14)(H,16,17). The number of hydrogen-bond donors (Lipinski definition) is 2. The smallest absolute Gasteiger partial charge is 0.337 e. The Morgan fingerprint density at radius 1 is 1.40 bits per heavy atom. The summed E-state index contributed by atoms with van der Waals surface area (Å²) in [5, 5.41) is 8.65. The third kappa shape index (κ3) is 1.68. The minimum atomic E-state index is -3.62. The van der Waals surface area contributed by atoms with Gasteiger partial charge in [0.15, 0.2) is 0 Å². The zero-order valence-electron chi connectivity index (χ0n) is 10.5. The summed E-state index contributed by atoms with van der Waals surface area (Å²) < 4.78 is 25.9. The maximum absolute atomic E-state index is 12.5. The van der Waals surface area contributed by atoms with Crippen molar-refractivity contribution in [2.75, 3.05) is 5.73 Å². The van der Waals surface area contributed by atoms with Crippen LogP contribution in [-0.4, -0.2) is 33.7 Å². The van der Waals surface area contributed by atoms with Gasteiger partial charge in [0.1, 0.15) is 5.52 Å². The summed E-state index contributed by atoms with van der Waals surface area (Å²) in [6.45, 7) is 0. The lowest BCUT2D eigenvalue weighted by Gasteiger charge is -2.25. The Morgan fingerprint density at radius 3 is 2.65 bits per heavy atom. The topological polar surface area (TPSA) is 115 Å². The molecule has 0 spiro atoms. The van der Waals surface area contributed by atoms with Gasteiger partial charge in [0.25, 0.3) is 0 Å². The molecule has 8 heteroatoms. The van der Waals surface area contributed by atoms with Gasteiger partial charge in [0.05, 0.1) is 16.3 Å². The van der Waals surface area contributed by atoms with E-state index in [0.717, 1.165) is 10.4 Å². The number of nitrogen functional groups attached to an aromatic ring is 1. The molecule has 20 heavy (non-hydrogen) atoms. The molecule has 7 nitrogen and oxygen atoms in total. The number of nitrogens with zero attached hydrogens (tertiary/aromatic N) is 2. The number of fused-ring (bicyclic) bond motifs is 1. The SMILES string of the molecule is Nc1nc2c(C(=O)O)cccc2n1S(=O)(=O)C1CCC1. The van der Waals surface area contributed by atoms with Crippen LogP contribution in [0.2, 0.25) is 0 Å². The van der Waals surface area contributed by atoms with E-state index < -0.39 is 21.2 Å². The molecule has 0 aliphatic heterocycles. The molecule has 1 aromatic carbocycles. The van der Waals surface area contributed by atoms with Gasteiger partial charge in [-0.2, -0.15) is 0 Å². The number of rotatable bonds is 3. The molecule has 0 radical (unpaired) electrons. The number of aromatic carboxylic acids is 1. The van der Waals surface area contributed by atoms with Crippen molar-refractivity contribution < 1.29 is 18.3 Å². The van der Waals surface area contributed by atoms with Gasteiger partial charge < -0.3 is 10.8 Å². The van der Waals surface area contributed by atoms with Crippen molar-refractivity contribution in [3.05, 3.63) is 23.8 Å². The Balaban J connectivity index is 2.29. The Bertz CT molecular complexity index is 805. The third-order valence-corrected chi connectivity index (χ3v) is 5.83. The van der Waals surface area contributed by atoms with E-state index in [0.29, 0.717) is 12.8 Å². The number of benzene rings is 1. The van der Waals surface area contributed by atoms with Crippen molar-refractivity contribution in [1.29, 1.82) is 0 Å². The number of carbonyl (C=O) groups is 1. The highest BCUT2D eigenvalue weighted by Crippen LogP contribution is 2.32. The number of hydrogen-bond acceptors (Lipinski definition) is 5. The van der Waals surface area contributed by atoms with Gasteiger partial charge >= 0.3 is 5.97 Å². The summed E-state index contributed by atoms with van der Waals surface area (Å²) in [6, 6.07) is 4.37. The number of carboxylic acids is 1. The molecule has 0 bridgehead atoms. The molecule has 1 fully saturated rings. The molecule has 1 saturated carbocycles. The first-order valence-corrected chi connectivity index (χ1v) is 7.68. The number of imidazole rings is 1. The fourth-order valence-electron chi connectivity index (χ4n) is 2.35. The van der Waals surface area contributed by atoms with E-state index in [9.17, 15) is 13.2 Å². The maximum Gasteiger partial charge on any atom is 0.337 e. The Kier molecular flexibility index (Phi) is 2.72. The molecule has 1 heterocycles. The first-order chi connectivity index (χ1) is 9.43. The van der Waals surface area contributed by atoms with Crippen molar-refractivity contribution in [2.24, 2.45) is 0 Å². The van der Waals surface area contributed by atoms with Crippen LogP contribution < -0.4 is 5.73 Å². The van der Waals surface area contributed by atoms with Gasteiger partial charge in [-0.25, -0.2) is 22.2 Å². The lowest BCUT2D eigenvalue weighted by atomic mass is 10.0. The van der Waals surface area contributed by atoms with Crippen LogP contribution in [0.15, 0.2) is 18.2 Å². The van der Waals surface area contributed by atoms with Gasteiger partial charge in [-0.15, -0.1) is 0 Å². The van der Waals surface area contributed by atoms with Crippen molar-refractivity contribution in [2.45, 2.75) is 24.5 Å². The normalized spacial score (nSPS) is 16.2. The van der Waals surface area contributed by atoms with E-state index in [1.807, 2.05) is 0 Å². The second-order valence-electron chi connectivity index (χ2n) is 4.81. The molecular formula is C12H13N3O4S. The lowest BCUT2D eigenvalue weighted by Crippen LogP contribution is -2.33. The number of carboxylic acid groups (broad SMARTS) is 1. The maximum atomic E-state index is 12.5. The van der Waals surface area contributed by atoms with E-state index in [-0.39, 0.29) is 22.5 Å². The molecule has 0 unspecified atom stereocenters. The molecule has 0 atom stereocenters. The minimum absolute atomic E-state index is 0.0586. The molecule has 0 amide bonds. The average molecular weight is 295 g/mol. The van der Waals surface area contributed by atoms with Crippen LogP contribution >= 0.6 is 0 Å². The van der Waals surface area contributed by atoms with Crippen molar-refractivity contribution in [3.63, 3.8) is 0 Å². The summed E-state index contributed by atoms with van der Waals surface area (Å²) >= 11 is 0. The van der Waals surface area contributed by atoms with Gasteiger partial charge in [-0.05, 0) is 25.0 Å².